The Morgan fingerprint density at radius 2 is 1.09 bits per heavy atom. The van der Waals surface area contributed by atoms with Gasteiger partial charge in [-0.25, -0.2) is 4.79 Å². The van der Waals surface area contributed by atoms with Crippen molar-refractivity contribution in [1.82, 2.24) is 0 Å². The van der Waals surface area contributed by atoms with Crippen LogP contribution in [0.15, 0.2) is 0 Å². The third-order valence-corrected chi connectivity index (χ3v) is 0. The fourth-order valence-corrected chi connectivity index (χ4v) is 0. The van der Waals surface area contributed by atoms with Crippen molar-refractivity contribution < 1.29 is 32.5 Å². The van der Waals surface area contributed by atoms with Gasteiger partial charge in [0.15, 0.2) is 0 Å². The zero-order valence-electron chi connectivity index (χ0n) is 3.92. The van der Waals surface area contributed by atoms with Crippen molar-refractivity contribution in [3.8, 4) is 0 Å². The SMILES string of the molecule is O=C(O)O.O=S(=O)(O)O.[CaH2].[NaH]. The Hall–Kier alpha value is 1.40. The van der Waals surface area contributed by atoms with Crippen LogP contribution in [0.2, 0.25) is 0 Å². The minimum atomic E-state index is -4.67. The predicted molar refractivity (Wildman–Crippen MR) is 40.5 cm³/mol. The Labute approximate surface area is 115 Å². The first kappa shape index (κ1) is 22.8. The van der Waals surface area contributed by atoms with Crippen LogP contribution in [0, 0.1) is 0 Å². The maximum atomic E-state index is 8.74. The molecule has 0 fully saturated rings. The van der Waals surface area contributed by atoms with Crippen LogP contribution in [0.1, 0.15) is 0 Å². The molecule has 0 saturated carbocycles. The molecule has 62 valence electrons. The van der Waals surface area contributed by atoms with Gasteiger partial charge in [0.2, 0.25) is 0 Å². The average Bonchev–Trinajstić information content (AvgIpc) is 1.19. The van der Waals surface area contributed by atoms with Gasteiger partial charge in [0, 0.05) is 0 Å². The summed E-state index contributed by atoms with van der Waals surface area (Å²) >= 11 is 0. The van der Waals surface area contributed by atoms with Crippen molar-refractivity contribution in [2.75, 3.05) is 0 Å². The van der Waals surface area contributed by atoms with Gasteiger partial charge in [0.1, 0.15) is 0 Å². The average molecular weight is 226 g/mol. The van der Waals surface area contributed by atoms with Crippen LogP contribution < -0.4 is 0 Å². The molecule has 0 aromatic carbocycles. The Morgan fingerprint density at radius 3 is 1.09 bits per heavy atom. The molecule has 0 aromatic rings. The molecule has 0 rings (SSSR count). The van der Waals surface area contributed by atoms with Gasteiger partial charge in [-0.3, -0.25) is 9.11 Å². The summed E-state index contributed by atoms with van der Waals surface area (Å²) in [5.41, 5.74) is 0. The Morgan fingerprint density at radius 1 is 1.09 bits per heavy atom. The van der Waals surface area contributed by atoms with Crippen molar-refractivity contribution in [2.45, 2.75) is 0 Å². The topological polar surface area (TPSA) is 132 Å². The van der Waals surface area contributed by atoms with E-state index >= 15 is 0 Å². The fraction of sp³-hybridized carbons (Fsp3) is 0. The third kappa shape index (κ3) is 514. The van der Waals surface area contributed by atoms with Crippen molar-refractivity contribution >= 4 is 83.8 Å². The molecule has 0 bridgehead atoms. The number of rotatable bonds is 0. The summed E-state index contributed by atoms with van der Waals surface area (Å²) in [6.45, 7) is 0. The molecule has 10 heteroatoms. The Balaban J connectivity index is -0.0000000383. The van der Waals surface area contributed by atoms with Crippen molar-refractivity contribution in [1.29, 1.82) is 0 Å². The van der Waals surface area contributed by atoms with E-state index in [0.717, 1.165) is 0 Å². The van der Waals surface area contributed by atoms with Crippen LogP contribution in [0.25, 0.3) is 0 Å². The number of carboxylic acid groups (broad SMARTS) is 2. The standard InChI is InChI=1S/CH2O3.Ca.Na.H2O4S.3H/c2-1(3)4;;;1-5(2,3)4;;;/h(H2,2,3,4);;;(H2,1,2,3,4);;;. The molecule has 4 N–H and O–H groups in total. The molecule has 0 amide bonds. The van der Waals surface area contributed by atoms with Crippen LogP contribution in [0.4, 0.5) is 4.79 Å². The summed E-state index contributed by atoms with van der Waals surface area (Å²) in [7, 11) is -4.67. The zero-order chi connectivity index (χ0) is 8.08. The van der Waals surface area contributed by atoms with Gasteiger partial charge in [0.25, 0.3) is 0 Å². The summed E-state index contributed by atoms with van der Waals surface area (Å²) in [5.74, 6) is 0. The predicted octanol–water partition coefficient (Wildman–Crippen LogP) is -2.00. The molecule has 0 aliphatic rings. The van der Waals surface area contributed by atoms with Crippen LogP contribution >= 0.6 is 0 Å². The van der Waals surface area contributed by atoms with Crippen molar-refractivity contribution in [3.63, 3.8) is 0 Å². The van der Waals surface area contributed by atoms with Crippen molar-refractivity contribution in [3.05, 3.63) is 0 Å². The monoisotopic (exact) mass is 226 g/mol. The van der Waals surface area contributed by atoms with E-state index in [-0.39, 0.29) is 67.3 Å². The molecule has 0 unspecified atom stereocenters. The molecule has 11 heavy (non-hydrogen) atoms. The van der Waals surface area contributed by atoms with E-state index in [1.807, 2.05) is 0 Å². The van der Waals surface area contributed by atoms with E-state index in [0.29, 0.717) is 0 Å². The normalized spacial score (nSPS) is 7.45. The van der Waals surface area contributed by atoms with E-state index in [4.69, 9.17) is 32.5 Å². The number of hydrogen-bond acceptors (Lipinski definition) is 3. The van der Waals surface area contributed by atoms with Gasteiger partial charge in [-0.15, -0.1) is 0 Å². The van der Waals surface area contributed by atoms with Crippen LogP contribution in [0.3, 0.4) is 0 Å². The Bertz CT molecular complexity index is 161. The van der Waals surface area contributed by atoms with Gasteiger partial charge in [0.05, 0.1) is 0 Å². The second-order valence-electron chi connectivity index (χ2n) is 0.730. The second kappa shape index (κ2) is 11.4. The molecule has 0 spiro atoms. The van der Waals surface area contributed by atoms with Gasteiger partial charge in [-0.05, 0) is 0 Å². The summed E-state index contributed by atoms with van der Waals surface area (Å²) in [6, 6.07) is 0. The second-order valence-corrected chi connectivity index (χ2v) is 1.63. The molecule has 0 heterocycles. The van der Waals surface area contributed by atoms with Crippen molar-refractivity contribution in [2.24, 2.45) is 0 Å². The van der Waals surface area contributed by atoms with Gasteiger partial charge < -0.3 is 10.2 Å². The quantitative estimate of drug-likeness (QED) is 0.277. The summed E-state index contributed by atoms with van der Waals surface area (Å²) in [6.07, 6.45) is -1.83. The van der Waals surface area contributed by atoms with E-state index in [1.54, 1.807) is 0 Å². The van der Waals surface area contributed by atoms with E-state index in [1.165, 1.54) is 0 Å². The fourth-order valence-electron chi connectivity index (χ4n) is 0. The van der Waals surface area contributed by atoms with Gasteiger partial charge in [-0.1, -0.05) is 0 Å². The minimum absolute atomic E-state index is 0. The van der Waals surface area contributed by atoms with Crippen LogP contribution in [-0.4, -0.2) is 101 Å². The summed E-state index contributed by atoms with van der Waals surface area (Å²) in [4.78, 5) is 8.56. The zero-order valence-corrected chi connectivity index (χ0v) is 4.74. The molecular weight excluding hydrogens is 219 g/mol. The molecule has 0 aromatic heterocycles. The summed E-state index contributed by atoms with van der Waals surface area (Å²) in [5, 5.41) is 13.9. The first-order valence-corrected chi connectivity index (χ1v) is 2.75. The van der Waals surface area contributed by atoms with Crippen LogP contribution in [0.5, 0.6) is 0 Å². The molecule has 0 saturated heterocycles. The van der Waals surface area contributed by atoms with E-state index in [2.05, 4.69) is 0 Å². The molecule has 0 aliphatic heterocycles. The first-order valence-electron chi connectivity index (χ1n) is 1.35. The maximum absolute atomic E-state index is 8.74. The van der Waals surface area contributed by atoms with E-state index < -0.39 is 16.6 Å². The molecule has 0 aliphatic carbocycles. The Kier molecular flexibility index (Phi) is 23.7. The summed E-state index contributed by atoms with van der Waals surface area (Å²) < 4.78 is 31.6. The number of carbonyl (C=O) groups is 1. The molecule has 0 atom stereocenters. The molecule has 7 nitrogen and oxygen atoms in total. The molecular formula is CH7CaNaO7S. The number of hydrogen-bond donors (Lipinski definition) is 4. The van der Waals surface area contributed by atoms with Gasteiger partial charge in [-0.2, -0.15) is 8.42 Å². The van der Waals surface area contributed by atoms with Gasteiger partial charge >= 0.3 is 83.8 Å². The third-order valence-electron chi connectivity index (χ3n) is 0. The molecule has 0 radical (unpaired) electrons. The van der Waals surface area contributed by atoms with Crippen LogP contribution in [-0.2, 0) is 10.4 Å². The first-order chi connectivity index (χ1) is 3.73. The van der Waals surface area contributed by atoms with E-state index in [9.17, 15) is 0 Å².